The molecule has 2 atom stereocenters. The molecule has 42 heavy (non-hydrogen) atoms. The van der Waals surface area contributed by atoms with Crippen LogP contribution in [-0.2, 0) is 15.8 Å². The fourth-order valence-corrected chi connectivity index (χ4v) is 5.96. The molecule has 9 nitrogen and oxygen atoms in total. The van der Waals surface area contributed by atoms with Gasteiger partial charge in [0, 0.05) is 36.8 Å². The van der Waals surface area contributed by atoms with Gasteiger partial charge in [0.05, 0.1) is 29.8 Å². The molecule has 3 heterocycles. The van der Waals surface area contributed by atoms with Crippen molar-refractivity contribution in [2.24, 2.45) is 22.0 Å². The number of carbonyl (C=O) groups is 2. The quantitative estimate of drug-likeness (QED) is 0.321. The average molecular weight is 602 g/mol. The number of aromatic nitrogens is 1. The number of alkyl halides is 3. The average Bonchev–Trinajstić information content (AvgIpc) is 3.41. The summed E-state index contributed by atoms with van der Waals surface area (Å²) < 4.78 is 51.8. The van der Waals surface area contributed by atoms with Crippen LogP contribution in [0, 0.1) is 11.8 Å². The van der Waals surface area contributed by atoms with Crippen LogP contribution < -0.4 is 14.9 Å². The molecular formula is C29H30F3N5O4S. The summed E-state index contributed by atoms with van der Waals surface area (Å²) in [5.41, 5.74) is 5.46. The highest BCUT2D eigenvalue weighted by molar-refractivity contribution is 7.19. The Labute approximate surface area is 244 Å². The van der Waals surface area contributed by atoms with Crippen molar-refractivity contribution in [3.8, 4) is 11.5 Å². The van der Waals surface area contributed by atoms with E-state index in [-0.39, 0.29) is 41.3 Å². The summed E-state index contributed by atoms with van der Waals surface area (Å²) in [6.45, 7) is 4.59. The van der Waals surface area contributed by atoms with E-state index in [0.29, 0.717) is 65.5 Å². The summed E-state index contributed by atoms with van der Waals surface area (Å²) in [6, 6.07) is 10.8. The fourth-order valence-electron chi connectivity index (χ4n) is 4.99. The number of rotatable bonds is 9. The lowest BCUT2D eigenvalue weighted by Crippen LogP contribution is -2.37. The number of halogens is 3. The second-order valence-corrected chi connectivity index (χ2v) is 11.3. The van der Waals surface area contributed by atoms with Gasteiger partial charge in [0.15, 0.2) is 5.01 Å². The summed E-state index contributed by atoms with van der Waals surface area (Å²) in [5, 5.41) is 9.20. The van der Waals surface area contributed by atoms with E-state index in [9.17, 15) is 22.8 Å². The molecule has 0 saturated heterocycles. The molecular weight excluding hydrogens is 571 g/mol. The maximum atomic E-state index is 13.5. The van der Waals surface area contributed by atoms with E-state index in [1.165, 1.54) is 12.1 Å². The summed E-state index contributed by atoms with van der Waals surface area (Å²) in [4.78, 5) is 28.0. The highest BCUT2D eigenvalue weighted by Crippen LogP contribution is 2.41. The lowest BCUT2D eigenvalue weighted by molar-refractivity contribution is -0.137. The van der Waals surface area contributed by atoms with E-state index in [1.807, 2.05) is 38.1 Å². The van der Waals surface area contributed by atoms with Crippen LogP contribution in [0.1, 0.15) is 55.7 Å². The summed E-state index contributed by atoms with van der Waals surface area (Å²) >= 11 is 0.549. The van der Waals surface area contributed by atoms with Crippen LogP contribution >= 0.6 is 11.3 Å². The van der Waals surface area contributed by atoms with Crippen molar-refractivity contribution in [2.75, 3.05) is 20.3 Å². The number of nitrogens with zero attached hydrogens (tertiary/aromatic N) is 4. The van der Waals surface area contributed by atoms with Crippen LogP contribution in [-0.4, -0.2) is 53.5 Å². The van der Waals surface area contributed by atoms with Gasteiger partial charge < -0.3 is 9.47 Å². The molecule has 2 aromatic carbocycles. The largest absolute Gasteiger partial charge is 0.494 e. The van der Waals surface area contributed by atoms with Gasteiger partial charge in [0.1, 0.15) is 17.0 Å². The van der Waals surface area contributed by atoms with Gasteiger partial charge >= 0.3 is 6.18 Å². The Kier molecular flexibility index (Phi) is 8.48. The van der Waals surface area contributed by atoms with E-state index in [2.05, 4.69) is 20.6 Å². The lowest BCUT2D eigenvalue weighted by Gasteiger charge is -2.28. The van der Waals surface area contributed by atoms with Gasteiger partial charge in [-0.3, -0.25) is 9.59 Å². The number of unbranched alkanes of at least 4 members (excludes halogenated alkanes) is 1. The number of carbonyl (C=O) groups excluding carboxylic acids is 2. The number of hydrogen-bond acceptors (Lipinski definition) is 8. The van der Waals surface area contributed by atoms with E-state index in [1.54, 1.807) is 12.1 Å². The second-order valence-electron chi connectivity index (χ2n) is 10.3. The number of nitrogens with one attached hydrogen (secondary N) is 1. The van der Waals surface area contributed by atoms with Gasteiger partial charge in [0.25, 0.3) is 0 Å². The van der Waals surface area contributed by atoms with Crippen LogP contribution in [0.2, 0.25) is 0 Å². The van der Waals surface area contributed by atoms with Crippen LogP contribution in [0.25, 0.3) is 10.2 Å². The summed E-state index contributed by atoms with van der Waals surface area (Å²) in [6.07, 6.45) is -2.69. The fraction of sp³-hybridized carbons (Fsp3) is 0.414. The SMILES string of the molecule is COc1ccc(C2=NN(CCCCOc3ccc(C4=NNC(=O)CC4C)cc3)C(=O)CC2C)c2sc(C(F)(F)F)nc12. The van der Waals surface area contributed by atoms with Crippen LogP contribution in [0.4, 0.5) is 13.2 Å². The number of benzene rings is 2. The summed E-state index contributed by atoms with van der Waals surface area (Å²) in [7, 11) is 1.38. The Morgan fingerprint density at radius 1 is 1.02 bits per heavy atom. The van der Waals surface area contributed by atoms with Gasteiger partial charge in [-0.1, -0.05) is 13.8 Å². The topological polar surface area (TPSA) is 105 Å². The van der Waals surface area contributed by atoms with Gasteiger partial charge in [0.2, 0.25) is 11.8 Å². The molecule has 0 fully saturated rings. The highest BCUT2D eigenvalue weighted by atomic mass is 32.1. The number of ether oxygens (including phenoxy) is 2. The van der Waals surface area contributed by atoms with Gasteiger partial charge in [-0.2, -0.15) is 23.4 Å². The number of hydrazone groups is 2. The maximum Gasteiger partial charge on any atom is 0.443 e. The third-order valence-corrected chi connectivity index (χ3v) is 8.28. The minimum absolute atomic E-state index is 0.0317. The Bertz CT molecular complexity index is 1550. The zero-order valence-corrected chi connectivity index (χ0v) is 24.1. The molecule has 13 heteroatoms. The normalized spacial score (nSPS) is 19.4. The van der Waals surface area contributed by atoms with Gasteiger partial charge in [-0.25, -0.2) is 15.4 Å². The zero-order chi connectivity index (χ0) is 30.0. The number of thiazole rings is 1. The Morgan fingerprint density at radius 3 is 2.45 bits per heavy atom. The number of fused-ring (bicyclic) bond motifs is 1. The third-order valence-electron chi connectivity index (χ3n) is 7.15. The second kappa shape index (κ2) is 12.1. The number of amides is 2. The van der Waals surface area contributed by atoms with Crippen molar-refractivity contribution in [2.45, 2.75) is 45.7 Å². The zero-order valence-electron chi connectivity index (χ0n) is 23.3. The molecule has 0 spiro atoms. The van der Waals surface area contributed by atoms with Gasteiger partial charge in [-0.15, -0.1) is 11.3 Å². The first-order valence-corrected chi connectivity index (χ1v) is 14.4. The molecule has 1 aromatic heterocycles. The first-order valence-electron chi connectivity index (χ1n) is 13.6. The molecule has 222 valence electrons. The van der Waals surface area contributed by atoms with Gasteiger partial charge in [-0.05, 0) is 54.8 Å². The first kappa shape index (κ1) is 29.5. The predicted octanol–water partition coefficient (Wildman–Crippen LogP) is 5.62. The number of methoxy groups -OCH3 is 1. The van der Waals surface area contributed by atoms with E-state index >= 15 is 0 Å². The lowest BCUT2D eigenvalue weighted by atomic mass is 9.93. The van der Waals surface area contributed by atoms with Crippen molar-refractivity contribution in [1.82, 2.24) is 15.4 Å². The molecule has 5 rings (SSSR count). The Balaban J connectivity index is 1.22. The molecule has 1 N–H and O–H groups in total. The Morgan fingerprint density at radius 2 is 1.76 bits per heavy atom. The maximum absolute atomic E-state index is 13.5. The summed E-state index contributed by atoms with van der Waals surface area (Å²) in [5.74, 6) is 0.477. The minimum Gasteiger partial charge on any atom is -0.494 e. The van der Waals surface area contributed by atoms with Crippen molar-refractivity contribution in [1.29, 1.82) is 0 Å². The van der Waals surface area contributed by atoms with Crippen LogP contribution in [0.5, 0.6) is 11.5 Å². The molecule has 0 bridgehead atoms. The molecule has 0 radical (unpaired) electrons. The standard InChI is InChI=1S/C29H30F3N5O4S/c1-16-14-22(38)34-35-24(16)18-6-8-19(9-7-18)41-13-5-4-12-37-23(39)15-17(2)25(36-37)20-10-11-21(40-3)26-27(20)42-28(33-26)29(30,31)32/h6-11,16-17H,4-5,12-15H2,1-3H3,(H,34,38). The monoisotopic (exact) mass is 601 g/mol. The minimum atomic E-state index is -4.58. The molecule has 2 aliphatic rings. The van der Waals surface area contributed by atoms with Crippen LogP contribution in [0.3, 0.4) is 0 Å². The van der Waals surface area contributed by atoms with Crippen LogP contribution in [0.15, 0.2) is 46.6 Å². The van der Waals surface area contributed by atoms with Crippen molar-refractivity contribution in [3.05, 3.63) is 52.5 Å². The van der Waals surface area contributed by atoms with E-state index in [0.717, 1.165) is 11.3 Å². The first-order chi connectivity index (χ1) is 20.0. The molecule has 3 aromatic rings. The Hall–Kier alpha value is -4.00. The number of hydrogen-bond donors (Lipinski definition) is 1. The predicted molar refractivity (Wildman–Crippen MR) is 153 cm³/mol. The van der Waals surface area contributed by atoms with E-state index < -0.39 is 11.2 Å². The molecule has 0 aliphatic carbocycles. The molecule has 2 unspecified atom stereocenters. The molecule has 2 aliphatic heterocycles. The molecule has 0 saturated carbocycles. The smallest absolute Gasteiger partial charge is 0.443 e. The highest BCUT2D eigenvalue weighted by Gasteiger charge is 2.37. The van der Waals surface area contributed by atoms with E-state index in [4.69, 9.17) is 9.47 Å². The molecule has 2 amide bonds. The van der Waals surface area contributed by atoms with Crippen molar-refractivity contribution >= 4 is 44.8 Å². The van der Waals surface area contributed by atoms with Crippen molar-refractivity contribution < 1.29 is 32.2 Å². The third kappa shape index (κ3) is 6.25. The van der Waals surface area contributed by atoms with Crippen molar-refractivity contribution in [3.63, 3.8) is 0 Å².